The van der Waals surface area contributed by atoms with Crippen LogP contribution in [0.5, 0.6) is 0 Å². The Kier molecular flexibility index (Phi) is 3.19. The first-order valence-electron chi connectivity index (χ1n) is 5.42. The van der Waals surface area contributed by atoms with Crippen LogP contribution in [0, 0.1) is 25.5 Å². The number of halogens is 2. The average Bonchev–Trinajstić information content (AvgIpc) is 2.35. The molecular formula is C14H11F2NO. The summed E-state index contributed by atoms with van der Waals surface area (Å²) in [6.07, 6.45) is 2.84. The first-order valence-corrected chi connectivity index (χ1v) is 5.42. The molecule has 0 aliphatic carbocycles. The van der Waals surface area contributed by atoms with E-state index in [0.717, 1.165) is 6.07 Å². The number of nitrogens with zero attached hydrogens (tertiary/aromatic N) is 1. The number of hydrogen-bond acceptors (Lipinski definition) is 2. The Labute approximate surface area is 103 Å². The second kappa shape index (κ2) is 4.64. The van der Waals surface area contributed by atoms with Crippen LogP contribution in [0.3, 0.4) is 0 Å². The van der Waals surface area contributed by atoms with Crippen molar-refractivity contribution in [1.29, 1.82) is 0 Å². The number of aryl methyl sites for hydroxylation is 2. The minimum Gasteiger partial charge on any atom is -0.288 e. The normalized spacial score (nSPS) is 10.4. The van der Waals surface area contributed by atoms with Gasteiger partial charge in [0.15, 0.2) is 0 Å². The lowest BCUT2D eigenvalue weighted by atomic mass is 9.98. The monoisotopic (exact) mass is 247 g/mol. The third-order valence-electron chi connectivity index (χ3n) is 2.79. The first kappa shape index (κ1) is 12.4. The Morgan fingerprint density at radius 1 is 1.11 bits per heavy atom. The summed E-state index contributed by atoms with van der Waals surface area (Å²) in [5.74, 6) is -2.35. The molecule has 0 atom stereocenters. The molecule has 92 valence electrons. The summed E-state index contributed by atoms with van der Waals surface area (Å²) < 4.78 is 27.5. The first-order chi connectivity index (χ1) is 8.52. The van der Waals surface area contributed by atoms with Crippen molar-refractivity contribution in [3.05, 3.63) is 64.5 Å². The maximum atomic E-state index is 13.8. The molecule has 0 fully saturated rings. The highest BCUT2D eigenvalue weighted by atomic mass is 19.1. The molecule has 2 nitrogen and oxygen atoms in total. The summed E-state index contributed by atoms with van der Waals surface area (Å²) in [6, 6.07) is 4.02. The number of carbonyl (C=O) groups is 1. The summed E-state index contributed by atoms with van der Waals surface area (Å²) in [7, 11) is 0. The Morgan fingerprint density at radius 2 is 1.83 bits per heavy atom. The average molecular weight is 247 g/mol. The van der Waals surface area contributed by atoms with E-state index in [4.69, 9.17) is 0 Å². The second-order valence-corrected chi connectivity index (χ2v) is 4.07. The topological polar surface area (TPSA) is 30.0 Å². The molecule has 1 aromatic carbocycles. The smallest absolute Gasteiger partial charge is 0.200 e. The number of pyridine rings is 1. The molecule has 0 saturated carbocycles. The minimum absolute atomic E-state index is 0.209. The van der Waals surface area contributed by atoms with Crippen molar-refractivity contribution in [2.75, 3.05) is 0 Å². The fourth-order valence-corrected chi connectivity index (χ4v) is 1.70. The van der Waals surface area contributed by atoms with E-state index in [2.05, 4.69) is 4.98 Å². The molecule has 0 radical (unpaired) electrons. The van der Waals surface area contributed by atoms with E-state index in [1.807, 2.05) is 0 Å². The van der Waals surface area contributed by atoms with Crippen molar-refractivity contribution < 1.29 is 13.6 Å². The van der Waals surface area contributed by atoms with Gasteiger partial charge >= 0.3 is 0 Å². The number of rotatable bonds is 2. The summed E-state index contributed by atoms with van der Waals surface area (Å²) >= 11 is 0. The van der Waals surface area contributed by atoms with Gasteiger partial charge in [-0.05, 0) is 37.1 Å². The summed E-state index contributed by atoms with van der Waals surface area (Å²) in [6.45, 7) is 3.18. The molecule has 0 unspecified atom stereocenters. The van der Waals surface area contributed by atoms with Gasteiger partial charge in [0.2, 0.25) is 5.78 Å². The van der Waals surface area contributed by atoms with E-state index in [1.165, 1.54) is 25.4 Å². The van der Waals surface area contributed by atoms with E-state index in [1.54, 1.807) is 13.0 Å². The van der Waals surface area contributed by atoms with Crippen LogP contribution in [-0.4, -0.2) is 10.8 Å². The molecule has 0 amide bonds. The lowest BCUT2D eigenvalue weighted by Gasteiger charge is -2.08. The molecule has 18 heavy (non-hydrogen) atoms. The maximum absolute atomic E-state index is 13.8. The summed E-state index contributed by atoms with van der Waals surface area (Å²) in [5, 5.41) is 0. The van der Waals surface area contributed by atoms with Gasteiger partial charge in [0.25, 0.3) is 0 Å². The molecule has 0 bridgehead atoms. The highest BCUT2D eigenvalue weighted by Gasteiger charge is 2.21. The maximum Gasteiger partial charge on any atom is 0.200 e. The van der Waals surface area contributed by atoms with Crippen LogP contribution in [0.2, 0.25) is 0 Å². The van der Waals surface area contributed by atoms with Gasteiger partial charge < -0.3 is 0 Å². The van der Waals surface area contributed by atoms with Gasteiger partial charge in [-0.2, -0.15) is 0 Å². The highest BCUT2D eigenvalue weighted by Crippen LogP contribution is 2.21. The van der Waals surface area contributed by atoms with Crippen molar-refractivity contribution in [2.45, 2.75) is 13.8 Å². The lowest BCUT2D eigenvalue weighted by Crippen LogP contribution is -2.10. The largest absolute Gasteiger partial charge is 0.288 e. The van der Waals surface area contributed by atoms with Crippen LogP contribution in [-0.2, 0) is 0 Å². The molecule has 0 aliphatic rings. The number of ketones is 1. The molecule has 1 heterocycles. The number of aromatic nitrogens is 1. The molecule has 1 aromatic heterocycles. The lowest BCUT2D eigenvalue weighted by molar-refractivity contribution is 0.103. The van der Waals surface area contributed by atoms with Crippen molar-refractivity contribution in [3.8, 4) is 0 Å². The quantitative estimate of drug-likeness (QED) is 0.763. The second-order valence-electron chi connectivity index (χ2n) is 4.07. The van der Waals surface area contributed by atoms with E-state index >= 15 is 0 Å². The zero-order valence-electron chi connectivity index (χ0n) is 10.00. The Morgan fingerprint density at radius 3 is 2.50 bits per heavy atom. The van der Waals surface area contributed by atoms with Crippen LogP contribution in [0.1, 0.15) is 27.0 Å². The SMILES string of the molecule is Cc1ccncc1C(=O)c1c(F)ccc(C)c1F. The number of hydrogen-bond donors (Lipinski definition) is 0. The van der Waals surface area contributed by atoms with Crippen LogP contribution in [0.15, 0.2) is 30.6 Å². The summed E-state index contributed by atoms with van der Waals surface area (Å²) in [5.41, 5.74) is 0.559. The standard InChI is InChI=1S/C14H11F2NO/c1-8-5-6-17-7-10(8)14(18)12-11(15)4-3-9(2)13(12)16/h3-7H,1-2H3. The number of benzene rings is 1. The van der Waals surface area contributed by atoms with E-state index < -0.39 is 23.0 Å². The third kappa shape index (κ3) is 2.01. The molecule has 4 heteroatoms. The Balaban J connectivity index is 2.61. The van der Waals surface area contributed by atoms with E-state index in [0.29, 0.717) is 5.56 Å². The van der Waals surface area contributed by atoms with Gasteiger partial charge in [-0.15, -0.1) is 0 Å². The van der Waals surface area contributed by atoms with Gasteiger partial charge in [0.1, 0.15) is 11.6 Å². The zero-order valence-corrected chi connectivity index (χ0v) is 10.00. The molecule has 2 aromatic rings. The van der Waals surface area contributed by atoms with E-state index in [9.17, 15) is 13.6 Å². The summed E-state index contributed by atoms with van der Waals surface area (Å²) in [4.78, 5) is 15.9. The Bertz CT molecular complexity index is 623. The van der Waals surface area contributed by atoms with Crippen molar-refractivity contribution in [1.82, 2.24) is 4.98 Å². The van der Waals surface area contributed by atoms with Crippen LogP contribution in [0.25, 0.3) is 0 Å². The fourth-order valence-electron chi connectivity index (χ4n) is 1.70. The van der Waals surface area contributed by atoms with Crippen molar-refractivity contribution in [2.24, 2.45) is 0 Å². The molecular weight excluding hydrogens is 236 g/mol. The van der Waals surface area contributed by atoms with Crippen LogP contribution < -0.4 is 0 Å². The number of carbonyl (C=O) groups excluding carboxylic acids is 1. The van der Waals surface area contributed by atoms with Gasteiger partial charge in [-0.3, -0.25) is 9.78 Å². The molecule has 2 rings (SSSR count). The zero-order chi connectivity index (χ0) is 13.3. The minimum atomic E-state index is -0.855. The van der Waals surface area contributed by atoms with Gasteiger partial charge in [0, 0.05) is 18.0 Å². The predicted octanol–water partition coefficient (Wildman–Crippen LogP) is 3.21. The molecule has 0 saturated heterocycles. The van der Waals surface area contributed by atoms with Crippen molar-refractivity contribution in [3.63, 3.8) is 0 Å². The van der Waals surface area contributed by atoms with Crippen LogP contribution >= 0.6 is 0 Å². The molecule has 0 aliphatic heterocycles. The Hall–Kier alpha value is -2.10. The van der Waals surface area contributed by atoms with Crippen LogP contribution in [0.4, 0.5) is 8.78 Å². The van der Waals surface area contributed by atoms with Gasteiger partial charge in [-0.25, -0.2) is 8.78 Å². The molecule has 0 N–H and O–H groups in total. The van der Waals surface area contributed by atoms with Crippen molar-refractivity contribution >= 4 is 5.78 Å². The van der Waals surface area contributed by atoms with Gasteiger partial charge in [0.05, 0.1) is 5.56 Å². The highest BCUT2D eigenvalue weighted by molar-refractivity contribution is 6.10. The molecule has 0 spiro atoms. The predicted molar refractivity (Wildman–Crippen MR) is 63.5 cm³/mol. The third-order valence-corrected chi connectivity index (χ3v) is 2.79. The van der Waals surface area contributed by atoms with Gasteiger partial charge in [-0.1, -0.05) is 6.07 Å². The fraction of sp³-hybridized carbons (Fsp3) is 0.143. The van der Waals surface area contributed by atoms with E-state index in [-0.39, 0.29) is 11.1 Å².